The Morgan fingerprint density at radius 2 is 2.17 bits per heavy atom. The molecule has 1 rings (SSSR count). The van der Waals surface area contributed by atoms with Crippen LogP contribution in [0.1, 0.15) is 16.7 Å². The van der Waals surface area contributed by atoms with Gasteiger partial charge < -0.3 is 0 Å². The van der Waals surface area contributed by atoms with Crippen LogP contribution in [0, 0.1) is 11.8 Å². The fourth-order valence-electron chi connectivity index (χ4n) is 1.10. The van der Waals surface area contributed by atoms with E-state index in [1.54, 1.807) is 0 Å². The molecule has 0 fully saturated rings. The Hall–Kier alpha value is -0.890. The summed E-state index contributed by atoms with van der Waals surface area (Å²) in [7, 11) is 0. The van der Waals surface area contributed by atoms with Gasteiger partial charge in [0, 0.05) is 5.88 Å². The molecule has 0 N–H and O–H groups in total. The molecule has 0 saturated carbocycles. The maximum Gasteiger partial charge on any atom is 0.106 e. The summed E-state index contributed by atoms with van der Waals surface area (Å²) in [6, 6.07) is 5.83. The molecule has 0 saturated heterocycles. The molecule has 1 aromatic rings. The van der Waals surface area contributed by atoms with E-state index in [0.717, 1.165) is 16.7 Å². The first-order valence-corrected chi connectivity index (χ1v) is 4.25. The normalized spacial score (nSPS) is 9.83. The van der Waals surface area contributed by atoms with E-state index >= 15 is 0 Å². The van der Waals surface area contributed by atoms with Crippen molar-refractivity contribution in [2.45, 2.75) is 19.3 Å². The van der Waals surface area contributed by atoms with Gasteiger partial charge in [0.25, 0.3) is 0 Å². The number of alkyl halides is 1. The molecular formula is C9H10ClNO. The van der Waals surface area contributed by atoms with Gasteiger partial charge in [-0.05, 0) is 18.1 Å². The molecule has 12 heavy (non-hydrogen) atoms. The van der Waals surface area contributed by atoms with Crippen molar-refractivity contribution < 1.29 is 0 Å². The molecule has 0 aromatic heterocycles. The van der Waals surface area contributed by atoms with E-state index in [2.05, 4.69) is 5.18 Å². The zero-order valence-corrected chi connectivity index (χ0v) is 7.64. The molecule has 0 atom stereocenters. The smallest absolute Gasteiger partial charge is 0.106 e. The second kappa shape index (κ2) is 4.21. The number of halogens is 1. The van der Waals surface area contributed by atoms with Gasteiger partial charge in [0.2, 0.25) is 0 Å². The lowest BCUT2D eigenvalue weighted by atomic mass is 10.1. The van der Waals surface area contributed by atoms with Crippen molar-refractivity contribution >= 4 is 11.6 Å². The summed E-state index contributed by atoms with van der Waals surface area (Å²) in [5.41, 5.74) is 3.07. The van der Waals surface area contributed by atoms with E-state index in [1.165, 1.54) is 0 Å². The van der Waals surface area contributed by atoms with Gasteiger partial charge in [0.15, 0.2) is 0 Å². The molecule has 0 radical (unpaired) electrons. The maximum absolute atomic E-state index is 10.0. The van der Waals surface area contributed by atoms with Gasteiger partial charge >= 0.3 is 0 Å². The minimum Gasteiger partial charge on any atom is -0.150 e. The number of hydrogen-bond acceptors (Lipinski definition) is 2. The van der Waals surface area contributed by atoms with E-state index in [-0.39, 0.29) is 6.54 Å². The van der Waals surface area contributed by atoms with Crippen LogP contribution in [0.2, 0.25) is 0 Å². The molecule has 2 nitrogen and oxygen atoms in total. The summed E-state index contributed by atoms with van der Waals surface area (Å²) in [6.07, 6.45) is 0. The Balaban J connectivity index is 3.01. The maximum atomic E-state index is 10.0. The van der Waals surface area contributed by atoms with Crippen molar-refractivity contribution in [1.29, 1.82) is 0 Å². The van der Waals surface area contributed by atoms with Crippen LogP contribution in [0.15, 0.2) is 23.4 Å². The van der Waals surface area contributed by atoms with Crippen LogP contribution in [-0.2, 0) is 12.4 Å². The fraction of sp³-hybridized carbons (Fsp3) is 0.333. The molecule has 0 spiro atoms. The average Bonchev–Trinajstić information content (AvgIpc) is 2.08. The van der Waals surface area contributed by atoms with Gasteiger partial charge in [-0.1, -0.05) is 28.9 Å². The number of nitrogens with zero attached hydrogens (tertiary/aromatic N) is 1. The number of benzene rings is 1. The second-order valence-corrected chi connectivity index (χ2v) is 2.96. The first-order chi connectivity index (χ1) is 5.77. The van der Waals surface area contributed by atoms with Crippen LogP contribution in [-0.4, -0.2) is 0 Å². The van der Waals surface area contributed by atoms with E-state index < -0.39 is 0 Å². The van der Waals surface area contributed by atoms with Crippen molar-refractivity contribution in [2.75, 3.05) is 0 Å². The van der Waals surface area contributed by atoms with Gasteiger partial charge in [-0.3, -0.25) is 0 Å². The number of aryl methyl sites for hydroxylation is 1. The minimum absolute atomic E-state index is 0.211. The standard InChI is InChI=1S/C9H10ClNO/c1-7-2-3-8(6-11-12)9(4-7)5-10/h2-4H,5-6H2,1H3. The highest BCUT2D eigenvalue weighted by Crippen LogP contribution is 2.14. The molecule has 1 aromatic carbocycles. The monoisotopic (exact) mass is 183 g/mol. The van der Waals surface area contributed by atoms with Crippen molar-refractivity contribution in [3.63, 3.8) is 0 Å². The summed E-state index contributed by atoms with van der Waals surface area (Å²) >= 11 is 5.70. The zero-order valence-electron chi connectivity index (χ0n) is 6.88. The van der Waals surface area contributed by atoms with E-state index in [9.17, 15) is 4.91 Å². The summed E-state index contributed by atoms with van der Waals surface area (Å²) in [6.45, 7) is 2.20. The molecule has 0 aliphatic heterocycles. The van der Waals surface area contributed by atoms with Gasteiger partial charge in [-0.25, -0.2) is 0 Å². The van der Waals surface area contributed by atoms with Crippen LogP contribution < -0.4 is 0 Å². The Morgan fingerprint density at radius 3 is 2.75 bits per heavy atom. The van der Waals surface area contributed by atoms with E-state index in [1.807, 2.05) is 25.1 Å². The average molecular weight is 184 g/mol. The molecule has 0 unspecified atom stereocenters. The molecule has 64 valence electrons. The van der Waals surface area contributed by atoms with E-state index in [4.69, 9.17) is 11.6 Å². The van der Waals surface area contributed by atoms with Crippen LogP contribution in [0.3, 0.4) is 0 Å². The lowest BCUT2D eigenvalue weighted by Gasteiger charge is -2.03. The highest BCUT2D eigenvalue weighted by Gasteiger charge is 2.00. The number of hydrogen-bond donors (Lipinski definition) is 0. The van der Waals surface area contributed by atoms with Gasteiger partial charge in [0.05, 0.1) is 0 Å². The van der Waals surface area contributed by atoms with Crippen LogP contribution in [0.25, 0.3) is 0 Å². The second-order valence-electron chi connectivity index (χ2n) is 2.69. The molecule has 3 heteroatoms. The van der Waals surface area contributed by atoms with Crippen LogP contribution in [0.4, 0.5) is 0 Å². The third-order valence-corrected chi connectivity index (χ3v) is 2.03. The van der Waals surface area contributed by atoms with Crippen molar-refractivity contribution in [2.24, 2.45) is 5.18 Å². The summed E-state index contributed by atoms with van der Waals surface area (Å²) in [5.74, 6) is 0.437. The molecule has 0 aliphatic rings. The first-order valence-electron chi connectivity index (χ1n) is 3.71. The van der Waals surface area contributed by atoms with E-state index in [0.29, 0.717) is 5.88 Å². The Kier molecular flexibility index (Phi) is 3.23. The van der Waals surface area contributed by atoms with Crippen molar-refractivity contribution in [3.8, 4) is 0 Å². The first kappa shape index (κ1) is 9.20. The molecule has 0 amide bonds. The number of rotatable bonds is 3. The zero-order chi connectivity index (χ0) is 8.97. The predicted molar refractivity (Wildman–Crippen MR) is 50.2 cm³/mol. The number of nitroso groups, excluding NO2 is 1. The Labute approximate surface area is 76.5 Å². The topological polar surface area (TPSA) is 29.4 Å². The SMILES string of the molecule is Cc1ccc(CN=O)c(CCl)c1. The molecular weight excluding hydrogens is 174 g/mol. The Morgan fingerprint density at radius 1 is 1.42 bits per heavy atom. The highest BCUT2D eigenvalue weighted by atomic mass is 35.5. The molecule has 0 aliphatic carbocycles. The van der Waals surface area contributed by atoms with Crippen LogP contribution >= 0.6 is 11.6 Å². The third-order valence-electron chi connectivity index (χ3n) is 1.74. The predicted octanol–water partition coefficient (Wildman–Crippen LogP) is 3.00. The lowest BCUT2D eigenvalue weighted by molar-refractivity contribution is 1.03. The largest absolute Gasteiger partial charge is 0.150 e. The van der Waals surface area contributed by atoms with Crippen LogP contribution in [0.5, 0.6) is 0 Å². The summed E-state index contributed by atoms with van der Waals surface area (Å²) < 4.78 is 0. The minimum atomic E-state index is 0.211. The lowest BCUT2D eigenvalue weighted by Crippen LogP contribution is -1.90. The van der Waals surface area contributed by atoms with Gasteiger partial charge in [-0.15, -0.1) is 11.6 Å². The van der Waals surface area contributed by atoms with Crippen molar-refractivity contribution in [3.05, 3.63) is 39.8 Å². The summed E-state index contributed by atoms with van der Waals surface area (Å²) in [4.78, 5) is 10.0. The van der Waals surface area contributed by atoms with Crippen molar-refractivity contribution in [1.82, 2.24) is 0 Å². The van der Waals surface area contributed by atoms with Gasteiger partial charge in [0.1, 0.15) is 6.54 Å². The van der Waals surface area contributed by atoms with Gasteiger partial charge in [-0.2, -0.15) is 4.91 Å². The highest BCUT2D eigenvalue weighted by molar-refractivity contribution is 6.17. The summed E-state index contributed by atoms with van der Waals surface area (Å²) in [5, 5.41) is 2.84. The fourth-order valence-corrected chi connectivity index (χ4v) is 1.35. The Bertz CT molecular complexity index is 286. The quantitative estimate of drug-likeness (QED) is 0.523. The third kappa shape index (κ3) is 2.05. The molecule has 0 heterocycles. The molecule has 0 bridgehead atoms.